The van der Waals surface area contributed by atoms with Crippen LogP contribution in [0.25, 0.3) is 10.7 Å². The number of nitrogens with zero attached hydrogens (tertiary/aromatic N) is 3. The van der Waals surface area contributed by atoms with Crippen molar-refractivity contribution >= 4 is 17.2 Å². The summed E-state index contributed by atoms with van der Waals surface area (Å²) in [5.41, 5.74) is 4.13. The van der Waals surface area contributed by atoms with E-state index in [4.69, 9.17) is 0 Å². The molecule has 1 amide bonds. The highest BCUT2D eigenvalue weighted by Gasteiger charge is 2.16. The lowest BCUT2D eigenvalue weighted by Gasteiger charge is -2.25. The van der Waals surface area contributed by atoms with Crippen LogP contribution in [0.3, 0.4) is 0 Å². The van der Waals surface area contributed by atoms with E-state index in [1.165, 1.54) is 22.5 Å². The maximum absolute atomic E-state index is 12.4. The molecule has 1 atom stereocenters. The molecule has 0 saturated heterocycles. The topological polar surface area (TPSA) is 58.1 Å². The lowest BCUT2D eigenvalue weighted by molar-refractivity contribution is -0.120. The highest BCUT2D eigenvalue weighted by molar-refractivity contribution is 7.13. The molecule has 0 spiro atoms. The van der Waals surface area contributed by atoms with E-state index in [1.54, 1.807) is 6.20 Å². The smallest absolute Gasteiger partial charge is 0.226 e. The molecule has 146 valence electrons. The van der Waals surface area contributed by atoms with Crippen LogP contribution >= 0.6 is 11.3 Å². The van der Waals surface area contributed by atoms with Crippen LogP contribution in [0, 0.1) is 0 Å². The van der Waals surface area contributed by atoms with Gasteiger partial charge in [0.1, 0.15) is 5.01 Å². The first-order chi connectivity index (χ1) is 13.6. The molecule has 0 aliphatic carbocycles. The molecule has 1 unspecified atom stereocenters. The second-order valence-corrected chi connectivity index (χ2v) is 7.77. The molecule has 0 saturated carbocycles. The monoisotopic (exact) mass is 394 g/mol. The van der Waals surface area contributed by atoms with Gasteiger partial charge in [-0.15, -0.1) is 11.3 Å². The average Bonchev–Trinajstić information content (AvgIpc) is 3.17. The van der Waals surface area contributed by atoms with Crippen molar-refractivity contribution in [2.24, 2.45) is 0 Å². The van der Waals surface area contributed by atoms with E-state index in [-0.39, 0.29) is 18.4 Å². The number of carbonyl (C=O) groups excluding carboxylic acids is 1. The van der Waals surface area contributed by atoms with E-state index in [2.05, 4.69) is 51.4 Å². The standard InChI is InChI=1S/C22H26N4OS/c1-4-16-8-10-17(11-9-16)20(26(2)3)14-24-21(27)13-18-15-28-22(25-18)19-7-5-6-12-23-19/h5-12,15,20H,4,13-14H2,1-3H3,(H,24,27). The summed E-state index contributed by atoms with van der Waals surface area (Å²) >= 11 is 1.51. The first-order valence-corrected chi connectivity index (χ1v) is 10.3. The summed E-state index contributed by atoms with van der Waals surface area (Å²) in [6.45, 7) is 2.71. The van der Waals surface area contributed by atoms with Gasteiger partial charge in [-0.1, -0.05) is 37.3 Å². The van der Waals surface area contributed by atoms with Crippen molar-refractivity contribution in [3.05, 3.63) is 70.9 Å². The first-order valence-electron chi connectivity index (χ1n) is 9.44. The molecule has 6 heteroatoms. The minimum absolute atomic E-state index is 0.0186. The Morgan fingerprint density at radius 2 is 1.96 bits per heavy atom. The van der Waals surface area contributed by atoms with E-state index in [0.717, 1.165) is 22.8 Å². The molecule has 28 heavy (non-hydrogen) atoms. The third-order valence-corrected chi connectivity index (χ3v) is 5.58. The van der Waals surface area contributed by atoms with Crippen LogP contribution in [-0.2, 0) is 17.6 Å². The van der Waals surface area contributed by atoms with Gasteiger partial charge in [0.15, 0.2) is 0 Å². The van der Waals surface area contributed by atoms with Gasteiger partial charge in [0.2, 0.25) is 5.91 Å². The van der Waals surface area contributed by atoms with E-state index < -0.39 is 0 Å². The summed E-state index contributed by atoms with van der Waals surface area (Å²) in [5, 5.41) is 5.82. The van der Waals surface area contributed by atoms with Crippen LogP contribution < -0.4 is 5.32 Å². The minimum Gasteiger partial charge on any atom is -0.354 e. The van der Waals surface area contributed by atoms with Gasteiger partial charge < -0.3 is 10.2 Å². The van der Waals surface area contributed by atoms with Crippen molar-refractivity contribution in [3.8, 4) is 10.7 Å². The minimum atomic E-state index is -0.0186. The Morgan fingerprint density at radius 1 is 1.18 bits per heavy atom. The summed E-state index contributed by atoms with van der Waals surface area (Å²) in [4.78, 5) is 23.4. The van der Waals surface area contributed by atoms with Gasteiger partial charge in [0.05, 0.1) is 23.9 Å². The Bertz CT molecular complexity index is 890. The van der Waals surface area contributed by atoms with Crippen LogP contribution in [0.15, 0.2) is 54.0 Å². The Morgan fingerprint density at radius 3 is 2.61 bits per heavy atom. The molecular weight excluding hydrogens is 368 g/mol. The van der Waals surface area contributed by atoms with Gasteiger partial charge >= 0.3 is 0 Å². The van der Waals surface area contributed by atoms with Crippen LogP contribution in [-0.4, -0.2) is 41.4 Å². The average molecular weight is 395 g/mol. The number of aromatic nitrogens is 2. The SMILES string of the molecule is CCc1ccc(C(CNC(=O)Cc2csc(-c3ccccn3)n2)N(C)C)cc1. The van der Waals surface area contributed by atoms with E-state index in [9.17, 15) is 4.79 Å². The van der Waals surface area contributed by atoms with E-state index >= 15 is 0 Å². The molecule has 1 aromatic carbocycles. The van der Waals surface area contributed by atoms with Gasteiger partial charge in [-0.2, -0.15) is 0 Å². The number of carbonyl (C=O) groups is 1. The van der Waals surface area contributed by atoms with Crippen LogP contribution in [0.2, 0.25) is 0 Å². The quantitative estimate of drug-likeness (QED) is 0.632. The Kier molecular flexibility index (Phi) is 6.90. The highest BCUT2D eigenvalue weighted by Crippen LogP contribution is 2.22. The lowest BCUT2D eigenvalue weighted by Crippen LogP contribution is -2.35. The van der Waals surface area contributed by atoms with E-state index in [1.807, 2.05) is 37.7 Å². The van der Waals surface area contributed by atoms with Crippen molar-refractivity contribution < 1.29 is 4.79 Å². The molecule has 2 aromatic heterocycles. The molecule has 0 radical (unpaired) electrons. The van der Waals surface area contributed by atoms with Crippen LogP contribution in [0.1, 0.15) is 29.8 Å². The van der Waals surface area contributed by atoms with Crippen LogP contribution in [0.4, 0.5) is 0 Å². The summed E-state index contributed by atoms with van der Waals surface area (Å²) in [6.07, 6.45) is 3.05. The number of aryl methyl sites for hydroxylation is 1. The molecule has 0 bridgehead atoms. The number of hydrogen-bond acceptors (Lipinski definition) is 5. The number of nitrogens with one attached hydrogen (secondary N) is 1. The molecule has 5 nitrogen and oxygen atoms in total. The molecule has 0 fully saturated rings. The summed E-state index contributed by atoms with van der Waals surface area (Å²) in [5.74, 6) is -0.0186. The number of benzene rings is 1. The molecule has 0 aliphatic rings. The molecular formula is C22H26N4OS. The Balaban J connectivity index is 1.58. The normalized spacial score (nSPS) is 12.1. The number of hydrogen-bond donors (Lipinski definition) is 1. The first kappa shape index (κ1) is 20.2. The molecule has 2 heterocycles. The van der Waals surface area contributed by atoms with Crippen molar-refractivity contribution in [3.63, 3.8) is 0 Å². The predicted molar refractivity (Wildman–Crippen MR) is 114 cm³/mol. The van der Waals surface area contributed by atoms with Crippen molar-refractivity contribution in [1.82, 2.24) is 20.2 Å². The fourth-order valence-electron chi connectivity index (χ4n) is 3.01. The fraction of sp³-hybridized carbons (Fsp3) is 0.318. The van der Waals surface area contributed by atoms with Crippen molar-refractivity contribution in [2.75, 3.05) is 20.6 Å². The van der Waals surface area contributed by atoms with Gasteiger partial charge in [-0.05, 0) is 43.8 Å². The Labute approximate surface area is 170 Å². The fourth-order valence-corrected chi connectivity index (χ4v) is 3.80. The number of thiazole rings is 1. The second-order valence-electron chi connectivity index (χ2n) is 6.91. The summed E-state index contributed by atoms with van der Waals surface area (Å²) in [7, 11) is 4.06. The van der Waals surface area contributed by atoms with Gasteiger partial charge in [-0.25, -0.2) is 4.98 Å². The van der Waals surface area contributed by atoms with Gasteiger partial charge in [0.25, 0.3) is 0 Å². The van der Waals surface area contributed by atoms with Crippen molar-refractivity contribution in [1.29, 1.82) is 0 Å². The number of pyridine rings is 1. The zero-order valence-corrected chi connectivity index (χ0v) is 17.4. The zero-order chi connectivity index (χ0) is 19.9. The maximum atomic E-state index is 12.4. The van der Waals surface area contributed by atoms with Crippen LogP contribution in [0.5, 0.6) is 0 Å². The number of rotatable bonds is 8. The molecule has 1 N–H and O–H groups in total. The van der Waals surface area contributed by atoms with Crippen molar-refractivity contribution in [2.45, 2.75) is 25.8 Å². The molecule has 0 aliphatic heterocycles. The lowest BCUT2D eigenvalue weighted by atomic mass is 10.0. The number of amides is 1. The largest absolute Gasteiger partial charge is 0.354 e. The van der Waals surface area contributed by atoms with Gasteiger partial charge in [-0.3, -0.25) is 9.78 Å². The van der Waals surface area contributed by atoms with E-state index in [0.29, 0.717) is 6.54 Å². The number of likely N-dealkylation sites (N-methyl/N-ethyl adjacent to an activating group) is 1. The third-order valence-electron chi connectivity index (χ3n) is 4.67. The third kappa shape index (κ3) is 5.24. The Hall–Kier alpha value is -2.57. The highest BCUT2D eigenvalue weighted by atomic mass is 32.1. The molecule has 3 aromatic rings. The zero-order valence-electron chi connectivity index (χ0n) is 16.6. The summed E-state index contributed by atoms with van der Waals surface area (Å²) in [6, 6.07) is 14.5. The predicted octanol–water partition coefficient (Wildman–Crippen LogP) is 3.73. The van der Waals surface area contributed by atoms with Gasteiger partial charge in [0, 0.05) is 18.1 Å². The summed E-state index contributed by atoms with van der Waals surface area (Å²) < 4.78 is 0. The molecule has 3 rings (SSSR count). The second kappa shape index (κ2) is 9.57. The maximum Gasteiger partial charge on any atom is 0.226 e.